The summed E-state index contributed by atoms with van der Waals surface area (Å²) in [6.07, 6.45) is 2.63. The van der Waals surface area contributed by atoms with E-state index in [1.165, 1.54) is 0 Å². The lowest BCUT2D eigenvalue weighted by molar-refractivity contribution is -0.115. The molecule has 1 saturated heterocycles. The molecule has 5 heteroatoms. The summed E-state index contributed by atoms with van der Waals surface area (Å²) in [4.78, 5) is 23.5. The van der Waals surface area contributed by atoms with Crippen LogP contribution in [0.2, 0.25) is 0 Å². The molecular weight excluding hydrogens is 268 g/mol. The third kappa shape index (κ3) is 2.93. The third-order valence-electron chi connectivity index (χ3n) is 4.27. The highest BCUT2D eigenvalue weighted by Gasteiger charge is 2.27. The molecule has 0 spiro atoms. The largest absolute Gasteiger partial charge is 0.378 e. The quantitative estimate of drug-likeness (QED) is 0.886. The summed E-state index contributed by atoms with van der Waals surface area (Å²) in [6, 6.07) is 5.37. The first kappa shape index (κ1) is 14.1. The number of hydrogen-bond donors (Lipinski definition) is 2. The van der Waals surface area contributed by atoms with Gasteiger partial charge in [0, 0.05) is 30.3 Å². The minimum absolute atomic E-state index is 0.0172. The fourth-order valence-corrected chi connectivity index (χ4v) is 3.06. The van der Waals surface area contributed by atoms with Gasteiger partial charge < -0.3 is 15.4 Å². The van der Waals surface area contributed by atoms with E-state index in [1.807, 2.05) is 6.07 Å². The Morgan fingerprint density at radius 2 is 2.33 bits per heavy atom. The van der Waals surface area contributed by atoms with Crippen LogP contribution in [0.25, 0.3) is 0 Å². The second kappa shape index (κ2) is 5.85. The van der Waals surface area contributed by atoms with Crippen LogP contribution in [0.4, 0.5) is 5.69 Å². The minimum Gasteiger partial charge on any atom is -0.378 e. The Balaban J connectivity index is 1.61. The van der Waals surface area contributed by atoms with Crippen molar-refractivity contribution >= 4 is 17.5 Å². The van der Waals surface area contributed by atoms with Crippen molar-refractivity contribution in [1.82, 2.24) is 5.32 Å². The molecule has 2 aliphatic heterocycles. The maximum Gasteiger partial charge on any atom is 0.251 e. The molecule has 2 unspecified atom stereocenters. The van der Waals surface area contributed by atoms with E-state index in [1.54, 1.807) is 12.1 Å². The van der Waals surface area contributed by atoms with E-state index in [9.17, 15) is 9.59 Å². The summed E-state index contributed by atoms with van der Waals surface area (Å²) in [5.41, 5.74) is 2.29. The highest BCUT2D eigenvalue weighted by atomic mass is 16.5. The molecule has 21 heavy (non-hydrogen) atoms. The summed E-state index contributed by atoms with van der Waals surface area (Å²) < 4.78 is 5.63. The molecule has 0 saturated carbocycles. The van der Waals surface area contributed by atoms with E-state index >= 15 is 0 Å². The summed E-state index contributed by atoms with van der Waals surface area (Å²) in [6.45, 7) is 3.53. The van der Waals surface area contributed by atoms with Crippen molar-refractivity contribution in [2.75, 3.05) is 18.5 Å². The van der Waals surface area contributed by atoms with E-state index in [2.05, 4.69) is 17.6 Å². The average molecular weight is 288 g/mol. The van der Waals surface area contributed by atoms with Crippen LogP contribution in [-0.4, -0.2) is 31.1 Å². The van der Waals surface area contributed by atoms with Crippen molar-refractivity contribution in [2.45, 2.75) is 32.3 Å². The second-order valence-electron chi connectivity index (χ2n) is 5.67. The number of carbonyl (C=O) groups is 2. The number of amides is 2. The lowest BCUT2D eigenvalue weighted by Gasteiger charge is -2.17. The highest BCUT2D eigenvalue weighted by molar-refractivity contribution is 6.02. The molecule has 2 amide bonds. The topological polar surface area (TPSA) is 67.4 Å². The number of anilines is 1. The van der Waals surface area contributed by atoms with Crippen molar-refractivity contribution in [1.29, 1.82) is 0 Å². The van der Waals surface area contributed by atoms with Gasteiger partial charge in [-0.3, -0.25) is 9.59 Å². The maximum absolute atomic E-state index is 12.2. The van der Waals surface area contributed by atoms with Crippen LogP contribution < -0.4 is 10.6 Å². The molecule has 1 aromatic carbocycles. The van der Waals surface area contributed by atoms with Crippen LogP contribution in [0, 0.1) is 5.92 Å². The predicted octanol–water partition coefficient (Wildman–Crippen LogP) is 1.73. The predicted molar refractivity (Wildman–Crippen MR) is 79.2 cm³/mol. The number of hydrogen-bond acceptors (Lipinski definition) is 3. The molecular formula is C16H20N2O3. The van der Waals surface area contributed by atoms with E-state index in [-0.39, 0.29) is 17.9 Å². The Morgan fingerprint density at radius 3 is 3.14 bits per heavy atom. The van der Waals surface area contributed by atoms with Gasteiger partial charge in [0.15, 0.2) is 0 Å². The lowest BCUT2D eigenvalue weighted by atomic mass is 9.99. The minimum atomic E-state index is -0.0966. The first-order chi connectivity index (χ1) is 10.2. The van der Waals surface area contributed by atoms with Crippen LogP contribution in [0.1, 0.15) is 35.7 Å². The van der Waals surface area contributed by atoms with Crippen LogP contribution in [0.3, 0.4) is 0 Å². The first-order valence-corrected chi connectivity index (χ1v) is 7.50. The molecule has 3 rings (SSSR count). The Morgan fingerprint density at radius 1 is 1.48 bits per heavy atom. The van der Waals surface area contributed by atoms with Gasteiger partial charge >= 0.3 is 0 Å². The Hall–Kier alpha value is -1.88. The summed E-state index contributed by atoms with van der Waals surface area (Å²) >= 11 is 0. The van der Waals surface area contributed by atoms with Crippen LogP contribution in [-0.2, 0) is 16.0 Å². The van der Waals surface area contributed by atoms with Crippen LogP contribution in [0.5, 0.6) is 0 Å². The van der Waals surface area contributed by atoms with E-state index < -0.39 is 0 Å². The average Bonchev–Trinajstić information content (AvgIpc) is 3.08. The number of nitrogens with one attached hydrogen (secondary N) is 2. The van der Waals surface area contributed by atoms with Crippen LogP contribution in [0.15, 0.2) is 18.2 Å². The van der Waals surface area contributed by atoms with Crippen molar-refractivity contribution in [3.63, 3.8) is 0 Å². The molecule has 0 aliphatic carbocycles. The van der Waals surface area contributed by atoms with Gasteiger partial charge in [-0.15, -0.1) is 0 Å². The fourth-order valence-electron chi connectivity index (χ4n) is 3.06. The van der Waals surface area contributed by atoms with E-state index in [0.29, 0.717) is 24.4 Å². The standard InChI is InChI=1S/C16H20N2O3/c1-2-14-12(5-6-21-14)9-17-16(20)11-4-3-10-8-15(19)18-13(10)7-11/h3-4,7,12,14H,2,5-6,8-9H2,1H3,(H,17,20)(H,18,19). The SMILES string of the molecule is CCC1OCCC1CNC(=O)c1ccc2c(c1)NC(=O)C2. The molecule has 1 fully saturated rings. The van der Waals surface area contributed by atoms with Crippen molar-refractivity contribution in [2.24, 2.45) is 5.92 Å². The normalized spacial score (nSPS) is 23.8. The van der Waals surface area contributed by atoms with Gasteiger partial charge in [0.2, 0.25) is 5.91 Å². The number of rotatable bonds is 4. The molecule has 2 aliphatic rings. The molecule has 112 valence electrons. The van der Waals surface area contributed by atoms with Gasteiger partial charge in [-0.25, -0.2) is 0 Å². The summed E-state index contributed by atoms with van der Waals surface area (Å²) in [7, 11) is 0. The molecule has 2 heterocycles. The summed E-state index contributed by atoms with van der Waals surface area (Å²) in [5, 5.41) is 5.74. The number of fused-ring (bicyclic) bond motifs is 1. The second-order valence-corrected chi connectivity index (χ2v) is 5.67. The number of benzene rings is 1. The number of ether oxygens (including phenoxy) is 1. The molecule has 0 radical (unpaired) electrons. The molecule has 2 atom stereocenters. The molecule has 2 N–H and O–H groups in total. The van der Waals surface area contributed by atoms with Gasteiger partial charge in [-0.1, -0.05) is 13.0 Å². The monoisotopic (exact) mass is 288 g/mol. The van der Waals surface area contributed by atoms with E-state index in [0.717, 1.165) is 30.7 Å². The molecule has 1 aromatic rings. The van der Waals surface area contributed by atoms with E-state index in [4.69, 9.17) is 4.74 Å². The zero-order valence-electron chi connectivity index (χ0n) is 12.1. The van der Waals surface area contributed by atoms with Crippen LogP contribution >= 0.6 is 0 Å². The highest BCUT2D eigenvalue weighted by Crippen LogP contribution is 2.25. The van der Waals surface area contributed by atoms with Gasteiger partial charge in [0.25, 0.3) is 5.91 Å². The van der Waals surface area contributed by atoms with Gasteiger partial charge in [-0.05, 0) is 30.5 Å². The van der Waals surface area contributed by atoms with Gasteiger partial charge in [0.05, 0.1) is 12.5 Å². The maximum atomic E-state index is 12.2. The van der Waals surface area contributed by atoms with Gasteiger partial charge in [0.1, 0.15) is 0 Å². The number of carbonyl (C=O) groups excluding carboxylic acids is 2. The zero-order valence-corrected chi connectivity index (χ0v) is 12.1. The van der Waals surface area contributed by atoms with Crippen molar-refractivity contribution in [3.05, 3.63) is 29.3 Å². The Bertz CT molecular complexity index is 571. The Kier molecular flexibility index (Phi) is 3.92. The molecule has 0 aromatic heterocycles. The fraction of sp³-hybridized carbons (Fsp3) is 0.500. The molecule has 0 bridgehead atoms. The molecule has 5 nitrogen and oxygen atoms in total. The third-order valence-corrected chi connectivity index (χ3v) is 4.27. The lowest BCUT2D eigenvalue weighted by Crippen LogP contribution is -2.32. The smallest absolute Gasteiger partial charge is 0.251 e. The van der Waals surface area contributed by atoms with Gasteiger partial charge in [-0.2, -0.15) is 0 Å². The van der Waals surface area contributed by atoms with Crippen molar-refractivity contribution in [3.8, 4) is 0 Å². The Labute approximate surface area is 124 Å². The summed E-state index contributed by atoms with van der Waals surface area (Å²) in [5.74, 6) is 0.283. The van der Waals surface area contributed by atoms with Crippen molar-refractivity contribution < 1.29 is 14.3 Å². The zero-order chi connectivity index (χ0) is 14.8. The first-order valence-electron chi connectivity index (χ1n) is 7.50.